The van der Waals surface area contributed by atoms with Gasteiger partial charge < -0.3 is 5.11 Å². The Morgan fingerprint density at radius 1 is 0.976 bits per heavy atom. The van der Waals surface area contributed by atoms with Gasteiger partial charge in [-0.2, -0.15) is 21.4 Å². The largest absolute Gasteiger partial charge is 0.481 e. The van der Waals surface area contributed by atoms with Crippen LogP contribution >= 0.6 is 0 Å². The minimum atomic E-state index is -4.50. The van der Waals surface area contributed by atoms with Crippen LogP contribution in [0, 0.1) is 0 Å². The molecule has 2 aromatic rings. The zero-order valence-electron chi connectivity index (χ0n) is 23.5. The van der Waals surface area contributed by atoms with Crippen molar-refractivity contribution in [3.05, 3.63) is 78.4 Å². The van der Waals surface area contributed by atoms with Crippen LogP contribution in [0.25, 0.3) is 0 Å². The van der Waals surface area contributed by atoms with E-state index in [1.54, 1.807) is 12.3 Å². The molecule has 12 heteroatoms. The summed E-state index contributed by atoms with van der Waals surface area (Å²) in [6, 6.07) is 13.9. The molecule has 0 bridgehead atoms. The number of rotatable bonds is 16. The molecule has 226 valence electrons. The summed E-state index contributed by atoms with van der Waals surface area (Å²) >= 11 is 0. The van der Waals surface area contributed by atoms with E-state index < -0.39 is 37.4 Å². The molecule has 3 N–H and O–H groups in total. The molecule has 0 saturated carbocycles. The van der Waals surface area contributed by atoms with Crippen LogP contribution in [0.15, 0.2) is 82.7 Å². The van der Waals surface area contributed by atoms with Gasteiger partial charge in [-0.25, -0.2) is 0 Å². The quantitative estimate of drug-likeness (QED) is 0.0731. The number of aliphatic imine (C=N–C) groups is 1. The molecular formula is C30H37N2O8S2+. The minimum absolute atomic E-state index is 0.0660. The number of unbranched alkanes of at least 4 members (excludes halogenated alkanes) is 2. The number of para-hydroxylation sites is 1. The van der Waals surface area contributed by atoms with Gasteiger partial charge in [0.05, 0.1) is 21.8 Å². The van der Waals surface area contributed by atoms with Gasteiger partial charge in [0.1, 0.15) is 6.54 Å². The van der Waals surface area contributed by atoms with Crippen LogP contribution in [-0.2, 0) is 30.4 Å². The summed E-state index contributed by atoms with van der Waals surface area (Å²) in [6.07, 6.45) is 12.2. The fraction of sp³-hybridized carbons (Fsp3) is 0.367. The third kappa shape index (κ3) is 9.55. The molecule has 1 aliphatic rings. The molecule has 1 aliphatic heterocycles. The van der Waals surface area contributed by atoms with Crippen LogP contribution in [0.1, 0.15) is 57.4 Å². The SMILES string of the molecule is CC1(CCCS(=O)(=O)O)C(C=CC=CCC=Nc2ccccc2)=[N+](CCCCCC(=O)O)c2ccc(S(=O)(=O)O)cc21. The number of carboxylic acid groups (broad SMARTS) is 1. The standard InChI is InChI=1S/C30H36N2O8S2/c1-30(19-12-22-41(35,36)37)26-23-25(42(38,39)40)17-18-27(26)32(21-11-5-9-16-29(33)34)28(30)15-8-2-3-10-20-31-24-13-6-4-7-14-24/h2-4,6-8,13-15,17-18,20,23H,5,9-12,16,19,21-22H2,1H3,(H2-,33,34,35,36,37,38,39,40)/p+1. The Kier molecular flexibility index (Phi) is 11.5. The predicted molar refractivity (Wildman–Crippen MR) is 163 cm³/mol. The van der Waals surface area contributed by atoms with Crippen molar-refractivity contribution in [2.24, 2.45) is 4.99 Å². The summed E-state index contributed by atoms with van der Waals surface area (Å²) in [6.45, 7) is 2.39. The Balaban J connectivity index is 1.94. The topological polar surface area (TPSA) is 161 Å². The lowest BCUT2D eigenvalue weighted by Crippen LogP contribution is -2.32. The molecule has 0 saturated heterocycles. The molecule has 1 heterocycles. The van der Waals surface area contributed by atoms with E-state index in [9.17, 15) is 30.7 Å². The molecule has 2 aromatic carbocycles. The smallest absolute Gasteiger partial charge is 0.303 e. The molecule has 10 nitrogen and oxygen atoms in total. The van der Waals surface area contributed by atoms with Gasteiger partial charge in [0, 0.05) is 43.2 Å². The zero-order chi connectivity index (χ0) is 30.8. The van der Waals surface area contributed by atoms with Crippen LogP contribution in [0.5, 0.6) is 0 Å². The van der Waals surface area contributed by atoms with Crippen molar-refractivity contribution < 1.29 is 40.4 Å². The average Bonchev–Trinajstić information content (AvgIpc) is 3.14. The second-order valence-electron chi connectivity index (χ2n) is 10.3. The first-order chi connectivity index (χ1) is 19.8. The van der Waals surface area contributed by atoms with Crippen molar-refractivity contribution >= 4 is 49.5 Å². The highest BCUT2D eigenvalue weighted by Gasteiger charge is 2.47. The van der Waals surface area contributed by atoms with Crippen molar-refractivity contribution in [3.63, 3.8) is 0 Å². The molecule has 1 unspecified atom stereocenters. The van der Waals surface area contributed by atoms with Crippen molar-refractivity contribution in [1.82, 2.24) is 0 Å². The van der Waals surface area contributed by atoms with E-state index in [0.717, 1.165) is 11.4 Å². The van der Waals surface area contributed by atoms with Gasteiger partial charge in [0.25, 0.3) is 20.2 Å². The lowest BCUT2D eigenvalue weighted by Gasteiger charge is -2.22. The Labute approximate surface area is 247 Å². The van der Waals surface area contributed by atoms with Crippen molar-refractivity contribution in [1.29, 1.82) is 0 Å². The van der Waals surface area contributed by atoms with Crippen LogP contribution in [0.4, 0.5) is 11.4 Å². The highest BCUT2D eigenvalue weighted by Crippen LogP contribution is 2.44. The van der Waals surface area contributed by atoms with Gasteiger partial charge in [0.15, 0.2) is 5.71 Å². The van der Waals surface area contributed by atoms with E-state index in [-0.39, 0.29) is 24.2 Å². The van der Waals surface area contributed by atoms with E-state index in [1.807, 2.05) is 66.1 Å². The van der Waals surface area contributed by atoms with E-state index in [1.165, 1.54) is 12.1 Å². The van der Waals surface area contributed by atoms with Crippen LogP contribution in [0.2, 0.25) is 0 Å². The first kappa shape index (κ1) is 33.1. The van der Waals surface area contributed by atoms with E-state index >= 15 is 0 Å². The van der Waals surface area contributed by atoms with Gasteiger partial charge >= 0.3 is 5.97 Å². The van der Waals surface area contributed by atoms with Crippen LogP contribution in [-0.4, -0.2) is 65.8 Å². The maximum absolute atomic E-state index is 12.0. The highest BCUT2D eigenvalue weighted by atomic mass is 32.2. The second kappa shape index (κ2) is 14.6. The Morgan fingerprint density at radius 2 is 1.71 bits per heavy atom. The number of aliphatic carboxylic acids is 1. The van der Waals surface area contributed by atoms with Gasteiger partial charge in [-0.15, -0.1) is 0 Å². The fourth-order valence-corrected chi connectivity index (χ4v) is 6.08. The van der Waals surface area contributed by atoms with E-state index in [2.05, 4.69) is 4.99 Å². The molecule has 1 atom stereocenters. The summed E-state index contributed by atoms with van der Waals surface area (Å²) < 4.78 is 68.0. The maximum Gasteiger partial charge on any atom is 0.303 e. The van der Waals surface area contributed by atoms with Crippen LogP contribution in [0.3, 0.4) is 0 Å². The van der Waals surface area contributed by atoms with Crippen molar-refractivity contribution in [2.45, 2.75) is 62.2 Å². The number of allylic oxidation sites excluding steroid dienone is 4. The first-order valence-corrected chi connectivity index (χ1v) is 16.7. The molecule has 0 amide bonds. The van der Waals surface area contributed by atoms with Crippen LogP contribution < -0.4 is 0 Å². The molecule has 0 radical (unpaired) electrons. The summed E-state index contributed by atoms with van der Waals surface area (Å²) in [4.78, 5) is 15.0. The van der Waals surface area contributed by atoms with Crippen molar-refractivity contribution in [2.75, 3.05) is 12.3 Å². The van der Waals surface area contributed by atoms with Gasteiger partial charge in [0.2, 0.25) is 5.69 Å². The summed E-state index contributed by atoms with van der Waals surface area (Å²) in [5.41, 5.74) is 2.12. The average molecular weight is 618 g/mol. The number of hydrogen-bond acceptors (Lipinski definition) is 6. The van der Waals surface area contributed by atoms with E-state index in [0.29, 0.717) is 43.5 Å². The van der Waals surface area contributed by atoms with Gasteiger partial charge in [-0.05, 0) is 56.9 Å². The number of nitrogens with zero attached hydrogens (tertiary/aromatic N) is 2. The molecule has 0 fully saturated rings. The molecular weight excluding hydrogens is 580 g/mol. The molecule has 3 rings (SSSR count). The Morgan fingerprint density at radius 3 is 2.38 bits per heavy atom. The summed E-state index contributed by atoms with van der Waals surface area (Å²) in [5, 5.41) is 8.96. The molecule has 0 aliphatic carbocycles. The first-order valence-electron chi connectivity index (χ1n) is 13.7. The normalized spacial score (nSPS) is 17.6. The van der Waals surface area contributed by atoms with E-state index in [4.69, 9.17) is 5.11 Å². The number of hydrogen-bond donors (Lipinski definition) is 3. The third-order valence-corrected chi connectivity index (χ3v) is 8.75. The fourth-order valence-electron chi connectivity index (χ4n) is 5.06. The minimum Gasteiger partial charge on any atom is -0.481 e. The predicted octanol–water partition coefficient (Wildman–Crippen LogP) is 5.51. The Hall–Kier alpha value is -3.45. The zero-order valence-corrected chi connectivity index (χ0v) is 25.1. The number of carboxylic acids is 1. The Bertz CT molecular complexity index is 1590. The van der Waals surface area contributed by atoms with Gasteiger partial charge in [-0.1, -0.05) is 36.4 Å². The molecule has 0 aromatic heterocycles. The lowest BCUT2D eigenvalue weighted by molar-refractivity contribution is -0.438. The van der Waals surface area contributed by atoms with Gasteiger partial charge in [-0.3, -0.25) is 18.9 Å². The number of benzene rings is 2. The number of fused-ring (bicyclic) bond motifs is 1. The van der Waals surface area contributed by atoms with Crippen molar-refractivity contribution in [3.8, 4) is 0 Å². The summed E-state index contributed by atoms with van der Waals surface area (Å²) in [5.74, 6) is -1.32. The summed E-state index contributed by atoms with van der Waals surface area (Å²) in [7, 11) is -8.70. The number of carbonyl (C=O) groups is 1. The lowest BCUT2D eigenvalue weighted by atomic mass is 9.76. The highest BCUT2D eigenvalue weighted by molar-refractivity contribution is 7.86. The maximum atomic E-state index is 12.0. The monoisotopic (exact) mass is 617 g/mol. The second-order valence-corrected chi connectivity index (χ2v) is 13.3. The molecule has 42 heavy (non-hydrogen) atoms. The third-order valence-electron chi connectivity index (χ3n) is 7.10. The molecule has 0 spiro atoms.